The maximum Gasteiger partial charge on any atom is 0.248 e. The van der Waals surface area contributed by atoms with E-state index < -0.39 is 0 Å². The Hall–Kier alpha value is -3.31. The van der Waals surface area contributed by atoms with Gasteiger partial charge in [0.05, 0.1) is 5.75 Å². The van der Waals surface area contributed by atoms with Gasteiger partial charge in [-0.05, 0) is 54.3 Å². The van der Waals surface area contributed by atoms with Crippen molar-refractivity contribution in [3.8, 4) is 0 Å². The molecule has 0 bridgehead atoms. The molecule has 0 aliphatic rings. The normalized spacial score (nSPS) is 10.8. The maximum atomic E-state index is 12.5. The second kappa shape index (κ2) is 11.2. The second-order valence-corrected chi connectivity index (χ2v) is 8.11. The van der Waals surface area contributed by atoms with Gasteiger partial charge in [0.25, 0.3) is 0 Å². The van der Waals surface area contributed by atoms with Crippen LogP contribution in [0.4, 0.5) is 11.4 Å². The minimum atomic E-state index is -0.199. The Bertz CT molecular complexity index is 1080. The molecule has 0 fully saturated rings. The van der Waals surface area contributed by atoms with Crippen LogP contribution < -0.4 is 10.6 Å². The van der Waals surface area contributed by atoms with Gasteiger partial charge in [0, 0.05) is 22.3 Å². The van der Waals surface area contributed by atoms with Crippen molar-refractivity contribution in [3.05, 3.63) is 95.6 Å². The summed E-state index contributed by atoms with van der Waals surface area (Å²) in [5.41, 5.74) is 4.76. The number of amides is 2. The second-order valence-electron chi connectivity index (χ2n) is 7.06. The highest BCUT2D eigenvalue weighted by Crippen LogP contribution is 2.24. The van der Waals surface area contributed by atoms with Gasteiger partial charge >= 0.3 is 0 Å². The molecule has 4 nitrogen and oxygen atoms in total. The molecule has 2 amide bonds. The lowest BCUT2D eigenvalue weighted by Gasteiger charge is -2.13. The van der Waals surface area contributed by atoms with Gasteiger partial charge in [0.15, 0.2) is 0 Å². The molecule has 2 N–H and O–H groups in total. The Labute approximate surface area is 187 Å². The molecule has 0 aromatic heterocycles. The monoisotopic (exact) mass is 430 g/mol. The summed E-state index contributed by atoms with van der Waals surface area (Å²) in [6.45, 7) is 4.08. The Balaban J connectivity index is 1.55. The lowest BCUT2D eigenvalue weighted by molar-refractivity contribution is -0.114. The average molecular weight is 431 g/mol. The Morgan fingerprint density at radius 3 is 2.48 bits per heavy atom. The van der Waals surface area contributed by atoms with Gasteiger partial charge < -0.3 is 10.6 Å². The van der Waals surface area contributed by atoms with Crippen LogP contribution in [0.2, 0.25) is 0 Å². The fraction of sp³-hybridized carbons (Fsp3) is 0.154. The summed E-state index contributed by atoms with van der Waals surface area (Å²) >= 11 is 1.44. The lowest BCUT2D eigenvalue weighted by atomic mass is 10.1. The molecular formula is C26H26N2O2S. The van der Waals surface area contributed by atoms with Crippen molar-refractivity contribution < 1.29 is 9.59 Å². The number of hydrogen-bond acceptors (Lipinski definition) is 3. The van der Waals surface area contributed by atoms with Crippen molar-refractivity contribution in [1.29, 1.82) is 0 Å². The fourth-order valence-corrected chi connectivity index (χ4v) is 3.87. The van der Waals surface area contributed by atoms with E-state index in [-0.39, 0.29) is 11.8 Å². The summed E-state index contributed by atoms with van der Waals surface area (Å²) in [7, 11) is 0. The molecule has 5 heteroatoms. The number of carbonyl (C=O) groups excluding carboxylic acids is 2. The first-order chi connectivity index (χ1) is 15.0. The molecule has 0 saturated heterocycles. The van der Waals surface area contributed by atoms with Gasteiger partial charge in [0.1, 0.15) is 0 Å². The average Bonchev–Trinajstić information content (AvgIpc) is 2.78. The van der Waals surface area contributed by atoms with E-state index in [4.69, 9.17) is 0 Å². The van der Waals surface area contributed by atoms with Crippen LogP contribution in [-0.4, -0.2) is 17.6 Å². The zero-order chi connectivity index (χ0) is 22.1. The first kappa shape index (κ1) is 22.4. The van der Waals surface area contributed by atoms with Crippen molar-refractivity contribution in [2.24, 2.45) is 0 Å². The molecule has 3 rings (SSSR count). The van der Waals surface area contributed by atoms with E-state index in [0.717, 1.165) is 33.7 Å². The number of carbonyl (C=O) groups is 2. The van der Waals surface area contributed by atoms with Crippen LogP contribution in [0.25, 0.3) is 6.08 Å². The molecule has 0 atom stereocenters. The van der Waals surface area contributed by atoms with Crippen LogP contribution in [0.15, 0.2) is 83.8 Å². The third kappa shape index (κ3) is 6.86. The molecule has 3 aromatic carbocycles. The van der Waals surface area contributed by atoms with E-state index in [2.05, 4.69) is 17.6 Å². The summed E-state index contributed by atoms with van der Waals surface area (Å²) in [4.78, 5) is 25.6. The first-order valence-electron chi connectivity index (χ1n) is 10.2. The summed E-state index contributed by atoms with van der Waals surface area (Å²) in [6, 6.07) is 23.2. The van der Waals surface area contributed by atoms with Crippen LogP contribution >= 0.6 is 11.8 Å². The van der Waals surface area contributed by atoms with E-state index in [9.17, 15) is 9.59 Å². The largest absolute Gasteiger partial charge is 0.325 e. The minimum Gasteiger partial charge on any atom is -0.325 e. The van der Waals surface area contributed by atoms with E-state index >= 15 is 0 Å². The smallest absolute Gasteiger partial charge is 0.248 e. The molecule has 0 aliphatic heterocycles. The van der Waals surface area contributed by atoms with Gasteiger partial charge in [-0.25, -0.2) is 0 Å². The minimum absolute atomic E-state index is 0.0470. The molecular weight excluding hydrogens is 404 g/mol. The molecule has 0 heterocycles. The highest BCUT2D eigenvalue weighted by molar-refractivity contribution is 8.00. The highest BCUT2D eigenvalue weighted by Gasteiger charge is 2.09. The number of hydrogen-bond donors (Lipinski definition) is 2. The molecule has 31 heavy (non-hydrogen) atoms. The van der Waals surface area contributed by atoms with Gasteiger partial charge in [0.2, 0.25) is 11.8 Å². The van der Waals surface area contributed by atoms with Crippen molar-refractivity contribution in [1.82, 2.24) is 0 Å². The van der Waals surface area contributed by atoms with E-state index in [0.29, 0.717) is 11.4 Å². The number of nitrogens with one attached hydrogen (secondary N) is 2. The third-order valence-electron chi connectivity index (χ3n) is 4.70. The number of aryl methyl sites for hydroxylation is 2. The van der Waals surface area contributed by atoms with Crippen molar-refractivity contribution in [2.75, 3.05) is 16.4 Å². The highest BCUT2D eigenvalue weighted by atomic mass is 32.2. The van der Waals surface area contributed by atoms with Gasteiger partial charge in [-0.2, -0.15) is 0 Å². The van der Waals surface area contributed by atoms with Crippen molar-refractivity contribution in [3.63, 3.8) is 0 Å². The van der Waals surface area contributed by atoms with Crippen molar-refractivity contribution in [2.45, 2.75) is 25.2 Å². The van der Waals surface area contributed by atoms with Gasteiger partial charge in [-0.3, -0.25) is 9.59 Å². The number of benzene rings is 3. The Morgan fingerprint density at radius 2 is 1.71 bits per heavy atom. The number of anilines is 2. The Morgan fingerprint density at radius 1 is 0.935 bits per heavy atom. The first-order valence-corrected chi connectivity index (χ1v) is 11.2. The molecule has 3 aromatic rings. The maximum absolute atomic E-state index is 12.5. The van der Waals surface area contributed by atoms with Crippen LogP contribution in [0.1, 0.15) is 23.6 Å². The molecule has 0 aliphatic carbocycles. The summed E-state index contributed by atoms with van der Waals surface area (Å²) in [5, 5.41) is 5.90. The number of rotatable bonds is 8. The number of thioether (sulfide) groups is 1. The number of para-hydroxylation sites is 1. The van der Waals surface area contributed by atoms with E-state index in [1.54, 1.807) is 6.08 Å². The van der Waals surface area contributed by atoms with E-state index in [1.807, 2.05) is 79.7 Å². The summed E-state index contributed by atoms with van der Waals surface area (Å²) in [6.07, 6.45) is 4.15. The standard InChI is InChI=1S/C26H26N2O2S/c1-3-21-12-7-9-19(2)26(21)28-25(30)18-31-23-14-8-13-22(17-23)27-24(29)16-15-20-10-5-4-6-11-20/h4-17H,3,18H2,1-2H3,(H,27,29)(H,28,30)/b16-15+. The fourth-order valence-electron chi connectivity index (χ4n) is 3.11. The quantitative estimate of drug-likeness (QED) is 0.343. The Kier molecular flexibility index (Phi) is 8.07. The summed E-state index contributed by atoms with van der Waals surface area (Å²) in [5.74, 6) is 0.0487. The summed E-state index contributed by atoms with van der Waals surface area (Å²) < 4.78 is 0. The predicted octanol–water partition coefficient (Wildman–Crippen LogP) is 5.94. The van der Waals surface area contributed by atoms with Crippen LogP contribution in [0, 0.1) is 6.92 Å². The molecule has 0 radical (unpaired) electrons. The topological polar surface area (TPSA) is 58.2 Å². The van der Waals surface area contributed by atoms with Crippen LogP contribution in [0.3, 0.4) is 0 Å². The molecule has 0 spiro atoms. The molecule has 158 valence electrons. The van der Waals surface area contributed by atoms with Crippen LogP contribution in [-0.2, 0) is 16.0 Å². The SMILES string of the molecule is CCc1cccc(C)c1NC(=O)CSc1cccc(NC(=O)/C=C/c2ccccc2)c1. The predicted molar refractivity (Wildman–Crippen MR) is 130 cm³/mol. The van der Waals surface area contributed by atoms with E-state index in [1.165, 1.54) is 17.8 Å². The van der Waals surface area contributed by atoms with Crippen molar-refractivity contribution >= 4 is 41.0 Å². The molecule has 0 unspecified atom stereocenters. The van der Waals surface area contributed by atoms with Crippen LogP contribution in [0.5, 0.6) is 0 Å². The van der Waals surface area contributed by atoms with Gasteiger partial charge in [-0.1, -0.05) is 61.5 Å². The zero-order valence-electron chi connectivity index (χ0n) is 17.7. The van der Waals surface area contributed by atoms with Gasteiger partial charge in [-0.15, -0.1) is 11.8 Å². The lowest BCUT2D eigenvalue weighted by Crippen LogP contribution is -2.16. The third-order valence-corrected chi connectivity index (χ3v) is 5.70. The zero-order valence-corrected chi connectivity index (χ0v) is 18.5. The molecule has 0 saturated carbocycles.